The number of fused-ring (bicyclic) bond motifs is 1. The number of imidazole rings is 1. The second-order valence-corrected chi connectivity index (χ2v) is 3.38. The lowest BCUT2D eigenvalue weighted by atomic mass is 10.2. The monoisotopic (exact) mass is 175 g/mol. The molecule has 0 amide bonds. The largest absolute Gasteiger partial charge is 0.341 e. The molecule has 0 fully saturated rings. The van der Waals surface area contributed by atoms with Gasteiger partial charge in [-0.3, -0.25) is 0 Å². The third kappa shape index (κ3) is 1.31. The highest BCUT2D eigenvalue weighted by atomic mass is 15.0. The second-order valence-electron chi connectivity index (χ2n) is 3.38. The molecule has 68 valence electrons. The molecular weight excluding hydrogens is 162 g/mol. The average Bonchev–Trinajstić information content (AvgIpc) is 2.49. The summed E-state index contributed by atoms with van der Waals surface area (Å²) in [7, 11) is 0. The highest BCUT2D eigenvalue weighted by molar-refractivity contribution is 5.78. The predicted octanol–water partition coefficient (Wildman–Crippen LogP) is 1.89. The van der Waals surface area contributed by atoms with Crippen LogP contribution in [-0.2, 0) is 0 Å². The molecule has 0 aliphatic heterocycles. The molecule has 3 nitrogen and oxygen atoms in total. The van der Waals surface area contributed by atoms with Crippen LogP contribution in [0.15, 0.2) is 18.2 Å². The summed E-state index contributed by atoms with van der Waals surface area (Å²) in [5.74, 6) is 0.851. The first kappa shape index (κ1) is 8.26. The highest BCUT2D eigenvalue weighted by Gasteiger charge is 2.06. The third-order valence-corrected chi connectivity index (χ3v) is 2.16. The van der Waals surface area contributed by atoms with Gasteiger partial charge in [0.1, 0.15) is 5.82 Å². The topological polar surface area (TPSA) is 54.7 Å². The molecule has 2 rings (SSSR count). The number of aromatic nitrogens is 2. The van der Waals surface area contributed by atoms with Crippen LogP contribution in [0.2, 0.25) is 0 Å². The molecule has 0 aliphatic rings. The smallest absolute Gasteiger partial charge is 0.123 e. The molecule has 0 radical (unpaired) electrons. The number of nitrogens with zero attached hydrogens (tertiary/aromatic N) is 1. The molecular formula is C10H13N3. The molecule has 1 aromatic carbocycles. The van der Waals surface area contributed by atoms with E-state index in [2.05, 4.69) is 9.97 Å². The maximum Gasteiger partial charge on any atom is 0.123 e. The van der Waals surface area contributed by atoms with Gasteiger partial charge in [-0.15, -0.1) is 0 Å². The Hall–Kier alpha value is -1.35. The van der Waals surface area contributed by atoms with Gasteiger partial charge in [0.15, 0.2) is 0 Å². The first-order valence-corrected chi connectivity index (χ1v) is 4.39. The number of aromatic amines is 1. The number of benzene rings is 1. The lowest BCUT2D eigenvalue weighted by Crippen LogP contribution is -2.06. The van der Waals surface area contributed by atoms with E-state index in [9.17, 15) is 0 Å². The standard InChI is InChI=1S/C10H13N3/c1-6-4-3-5-8-9(6)13-10(12-8)7(2)11/h3-5,7H,11H2,1-2H3,(H,12,13)/t7-/m0/s1. The van der Waals surface area contributed by atoms with Crippen LogP contribution in [0, 0.1) is 6.92 Å². The Morgan fingerprint density at radius 3 is 2.85 bits per heavy atom. The molecule has 0 bridgehead atoms. The molecule has 3 heteroatoms. The van der Waals surface area contributed by atoms with Crippen molar-refractivity contribution in [3.63, 3.8) is 0 Å². The van der Waals surface area contributed by atoms with E-state index < -0.39 is 0 Å². The van der Waals surface area contributed by atoms with Gasteiger partial charge in [0, 0.05) is 0 Å². The lowest BCUT2D eigenvalue weighted by molar-refractivity contribution is 0.760. The first-order valence-electron chi connectivity index (χ1n) is 4.39. The maximum absolute atomic E-state index is 5.73. The fraction of sp³-hybridized carbons (Fsp3) is 0.300. The quantitative estimate of drug-likeness (QED) is 0.695. The van der Waals surface area contributed by atoms with Gasteiger partial charge in [0.25, 0.3) is 0 Å². The van der Waals surface area contributed by atoms with Crippen LogP contribution < -0.4 is 5.73 Å². The average molecular weight is 175 g/mol. The molecule has 0 saturated heterocycles. The number of nitrogens with two attached hydrogens (primary N) is 1. The predicted molar refractivity (Wildman–Crippen MR) is 53.4 cm³/mol. The summed E-state index contributed by atoms with van der Waals surface area (Å²) >= 11 is 0. The fourth-order valence-electron chi connectivity index (χ4n) is 1.41. The minimum Gasteiger partial charge on any atom is -0.341 e. The Bertz CT molecular complexity index is 429. The summed E-state index contributed by atoms with van der Waals surface area (Å²) in [5.41, 5.74) is 9.00. The van der Waals surface area contributed by atoms with E-state index in [4.69, 9.17) is 5.73 Å². The van der Waals surface area contributed by atoms with E-state index in [1.807, 2.05) is 32.0 Å². The zero-order valence-corrected chi connectivity index (χ0v) is 7.83. The van der Waals surface area contributed by atoms with E-state index in [0.717, 1.165) is 16.9 Å². The minimum absolute atomic E-state index is 0.0354. The van der Waals surface area contributed by atoms with Crippen molar-refractivity contribution in [2.24, 2.45) is 5.73 Å². The molecule has 0 aliphatic carbocycles. The van der Waals surface area contributed by atoms with Crippen LogP contribution in [0.5, 0.6) is 0 Å². The molecule has 0 saturated carbocycles. The molecule has 13 heavy (non-hydrogen) atoms. The Morgan fingerprint density at radius 1 is 1.46 bits per heavy atom. The van der Waals surface area contributed by atoms with Crippen molar-refractivity contribution in [3.8, 4) is 0 Å². The van der Waals surface area contributed by atoms with Crippen molar-refractivity contribution in [3.05, 3.63) is 29.6 Å². The number of hydrogen-bond donors (Lipinski definition) is 2. The first-order chi connectivity index (χ1) is 6.18. The maximum atomic E-state index is 5.73. The molecule has 0 unspecified atom stereocenters. The van der Waals surface area contributed by atoms with Crippen molar-refractivity contribution in [1.82, 2.24) is 9.97 Å². The molecule has 2 aromatic rings. The summed E-state index contributed by atoms with van der Waals surface area (Å²) in [6.07, 6.45) is 0. The van der Waals surface area contributed by atoms with Crippen molar-refractivity contribution in [2.75, 3.05) is 0 Å². The normalized spacial score (nSPS) is 13.5. The van der Waals surface area contributed by atoms with Crippen LogP contribution in [0.25, 0.3) is 11.0 Å². The van der Waals surface area contributed by atoms with Gasteiger partial charge in [0.2, 0.25) is 0 Å². The number of aryl methyl sites for hydroxylation is 1. The minimum atomic E-state index is -0.0354. The SMILES string of the molecule is Cc1cccc2[nH]c([C@H](C)N)nc12. The zero-order valence-electron chi connectivity index (χ0n) is 7.83. The summed E-state index contributed by atoms with van der Waals surface area (Å²) in [6, 6.07) is 6.04. The summed E-state index contributed by atoms with van der Waals surface area (Å²) in [5, 5.41) is 0. The van der Waals surface area contributed by atoms with Crippen molar-refractivity contribution < 1.29 is 0 Å². The van der Waals surface area contributed by atoms with Gasteiger partial charge in [-0.2, -0.15) is 0 Å². The Labute approximate surface area is 77.0 Å². The summed E-state index contributed by atoms with van der Waals surface area (Å²) in [6.45, 7) is 3.97. The second kappa shape index (κ2) is 2.85. The van der Waals surface area contributed by atoms with Crippen LogP contribution >= 0.6 is 0 Å². The Balaban J connectivity index is 2.68. The number of nitrogens with one attached hydrogen (secondary N) is 1. The zero-order chi connectivity index (χ0) is 9.42. The number of para-hydroxylation sites is 1. The van der Waals surface area contributed by atoms with Crippen LogP contribution in [0.3, 0.4) is 0 Å². The van der Waals surface area contributed by atoms with Gasteiger partial charge in [-0.1, -0.05) is 12.1 Å². The van der Waals surface area contributed by atoms with E-state index in [1.54, 1.807) is 0 Å². The lowest BCUT2D eigenvalue weighted by Gasteiger charge is -1.96. The van der Waals surface area contributed by atoms with Crippen molar-refractivity contribution in [1.29, 1.82) is 0 Å². The fourth-order valence-corrected chi connectivity index (χ4v) is 1.41. The van der Waals surface area contributed by atoms with Gasteiger partial charge < -0.3 is 10.7 Å². The van der Waals surface area contributed by atoms with Gasteiger partial charge >= 0.3 is 0 Å². The van der Waals surface area contributed by atoms with Gasteiger partial charge in [-0.25, -0.2) is 4.98 Å². The molecule has 1 atom stereocenters. The van der Waals surface area contributed by atoms with E-state index in [-0.39, 0.29) is 6.04 Å². The molecule has 1 heterocycles. The Kier molecular flexibility index (Phi) is 1.81. The summed E-state index contributed by atoms with van der Waals surface area (Å²) in [4.78, 5) is 7.63. The van der Waals surface area contributed by atoms with Gasteiger partial charge in [0.05, 0.1) is 17.1 Å². The molecule has 0 spiro atoms. The third-order valence-electron chi connectivity index (χ3n) is 2.16. The number of H-pyrrole nitrogens is 1. The van der Waals surface area contributed by atoms with E-state index in [0.29, 0.717) is 0 Å². The number of hydrogen-bond acceptors (Lipinski definition) is 2. The van der Waals surface area contributed by atoms with Crippen molar-refractivity contribution in [2.45, 2.75) is 19.9 Å². The molecule has 3 N–H and O–H groups in total. The van der Waals surface area contributed by atoms with E-state index >= 15 is 0 Å². The van der Waals surface area contributed by atoms with Crippen LogP contribution in [0.4, 0.5) is 0 Å². The number of rotatable bonds is 1. The van der Waals surface area contributed by atoms with Crippen LogP contribution in [-0.4, -0.2) is 9.97 Å². The van der Waals surface area contributed by atoms with Crippen LogP contribution in [0.1, 0.15) is 24.4 Å². The van der Waals surface area contributed by atoms with Gasteiger partial charge in [-0.05, 0) is 25.5 Å². The van der Waals surface area contributed by atoms with Crippen molar-refractivity contribution >= 4 is 11.0 Å². The molecule has 1 aromatic heterocycles. The highest BCUT2D eigenvalue weighted by Crippen LogP contribution is 2.17. The van der Waals surface area contributed by atoms with E-state index in [1.165, 1.54) is 5.56 Å². The Morgan fingerprint density at radius 2 is 2.23 bits per heavy atom. The summed E-state index contributed by atoms with van der Waals surface area (Å²) < 4.78 is 0.